The number of thiophene rings is 1. The van der Waals surface area contributed by atoms with Crippen molar-refractivity contribution in [2.75, 3.05) is 18.4 Å². The van der Waals surface area contributed by atoms with Crippen LogP contribution in [0.2, 0.25) is 0 Å². The first-order valence-electron chi connectivity index (χ1n) is 7.92. The maximum Gasteiger partial charge on any atom is 0.256 e. The smallest absolute Gasteiger partial charge is 0.256 e. The van der Waals surface area contributed by atoms with E-state index in [9.17, 15) is 9.18 Å². The van der Waals surface area contributed by atoms with Crippen LogP contribution in [0.1, 0.15) is 39.2 Å². The van der Waals surface area contributed by atoms with Crippen LogP contribution in [0.5, 0.6) is 0 Å². The van der Waals surface area contributed by atoms with Crippen LogP contribution in [0, 0.1) is 19.7 Å². The van der Waals surface area contributed by atoms with Gasteiger partial charge in [-0.05, 0) is 69.6 Å². The third kappa shape index (κ3) is 3.62. The average molecular weight is 332 g/mol. The summed E-state index contributed by atoms with van der Waals surface area (Å²) in [6.45, 7) is 7.33. The van der Waals surface area contributed by atoms with Gasteiger partial charge in [0, 0.05) is 22.5 Å². The van der Waals surface area contributed by atoms with Crippen LogP contribution in [0.25, 0.3) is 0 Å². The van der Waals surface area contributed by atoms with Crippen molar-refractivity contribution in [3.05, 3.63) is 51.7 Å². The molecule has 0 unspecified atom stereocenters. The number of aryl methyl sites for hydroxylation is 1. The van der Waals surface area contributed by atoms with Crippen LogP contribution in [-0.4, -0.2) is 23.9 Å². The minimum Gasteiger partial charge on any atom is -0.313 e. The second-order valence-corrected chi connectivity index (χ2v) is 7.26. The number of carbonyl (C=O) groups is 1. The standard InChI is InChI=1S/C18H21FN2OS/c1-12-13(2)23-18(16(12)11-21-9-3-4-10-21)20-17(22)14-5-7-15(19)8-6-14/h5-8H,3-4,9-11H2,1-2H3,(H,20,22). The third-order valence-corrected chi connectivity index (χ3v) is 5.59. The Labute approximate surface area is 140 Å². The molecule has 5 heteroatoms. The zero-order chi connectivity index (χ0) is 16.4. The highest BCUT2D eigenvalue weighted by Crippen LogP contribution is 2.34. The van der Waals surface area contributed by atoms with E-state index in [1.165, 1.54) is 53.1 Å². The van der Waals surface area contributed by atoms with Crippen LogP contribution < -0.4 is 5.32 Å². The van der Waals surface area contributed by atoms with E-state index >= 15 is 0 Å². The fraction of sp³-hybridized carbons (Fsp3) is 0.389. The molecule has 2 aromatic rings. The maximum atomic E-state index is 13.0. The number of benzene rings is 1. The van der Waals surface area contributed by atoms with E-state index in [2.05, 4.69) is 24.1 Å². The molecule has 1 aromatic carbocycles. The molecule has 1 aliphatic rings. The SMILES string of the molecule is Cc1sc(NC(=O)c2ccc(F)cc2)c(CN2CCCC2)c1C. The van der Waals surface area contributed by atoms with Crippen molar-refractivity contribution in [3.63, 3.8) is 0 Å². The Hall–Kier alpha value is -1.72. The minimum atomic E-state index is -0.334. The molecule has 0 aliphatic carbocycles. The highest BCUT2D eigenvalue weighted by atomic mass is 32.1. The molecule has 0 radical (unpaired) electrons. The van der Waals surface area contributed by atoms with Crippen molar-refractivity contribution in [1.82, 2.24) is 4.90 Å². The van der Waals surface area contributed by atoms with Gasteiger partial charge in [-0.3, -0.25) is 9.69 Å². The molecule has 1 fully saturated rings. The molecule has 3 nitrogen and oxygen atoms in total. The number of hydrogen-bond acceptors (Lipinski definition) is 3. The molecule has 0 spiro atoms. The molecule has 1 amide bonds. The van der Waals surface area contributed by atoms with E-state index in [1.54, 1.807) is 11.3 Å². The summed E-state index contributed by atoms with van der Waals surface area (Å²) in [7, 11) is 0. The molecule has 122 valence electrons. The second kappa shape index (κ2) is 6.81. The van der Waals surface area contributed by atoms with Gasteiger partial charge in [0.25, 0.3) is 5.91 Å². The Bertz CT molecular complexity index is 703. The number of rotatable bonds is 4. The molecular weight excluding hydrogens is 311 g/mol. The monoisotopic (exact) mass is 332 g/mol. The molecular formula is C18H21FN2OS. The van der Waals surface area contributed by atoms with Gasteiger partial charge in [-0.2, -0.15) is 0 Å². The van der Waals surface area contributed by atoms with E-state index < -0.39 is 0 Å². The van der Waals surface area contributed by atoms with E-state index in [1.807, 2.05) is 0 Å². The first-order valence-corrected chi connectivity index (χ1v) is 8.74. The number of amides is 1. The quantitative estimate of drug-likeness (QED) is 0.902. The van der Waals surface area contributed by atoms with Crippen molar-refractivity contribution in [2.45, 2.75) is 33.2 Å². The third-order valence-electron chi connectivity index (χ3n) is 4.42. The lowest BCUT2D eigenvalue weighted by molar-refractivity contribution is 0.102. The summed E-state index contributed by atoms with van der Waals surface area (Å²) in [6, 6.07) is 5.65. The van der Waals surface area contributed by atoms with Gasteiger partial charge in [-0.1, -0.05) is 0 Å². The Morgan fingerprint density at radius 3 is 2.52 bits per heavy atom. The largest absolute Gasteiger partial charge is 0.313 e. The summed E-state index contributed by atoms with van der Waals surface area (Å²) >= 11 is 1.62. The van der Waals surface area contributed by atoms with Gasteiger partial charge >= 0.3 is 0 Å². The summed E-state index contributed by atoms with van der Waals surface area (Å²) in [6.07, 6.45) is 2.50. The van der Waals surface area contributed by atoms with Gasteiger partial charge in [-0.25, -0.2) is 4.39 Å². The number of anilines is 1. The number of carbonyl (C=O) groups excluding carboxylic acids is 1. The van der Waals surface area contributed by atoms with Gasteiger partial charge in [0.05, 0.1) is 0 Å². The summed E-state index contributed by atoms with van der Waals surface area (Å²) in [5.41, 5.74) is 2.95. The lowest BCUT2D eigenvalue weighted by Crippen LogP contribution is -2.20. The molecule has 3 rings (SSSR count). The Balaban J connectivity index is 1.80. The lowest BCUT2D eigenvalue weighted by atomic mass is 10.1. The van der Waals surface area contributed by atoms with Gasteiger partial charge in [-0.15, -0.1) is 11.3 Å². The number of nitrogens with zero attached hydrogens (tertiary/aromatic N) is 1. The van der Waals surface area contributed by atoms with Crippen molar-refractivity contribution < 1.29 is 9.18 Å². The summed E-state index contributed by atoms with van der Waals surface area (Å²) in [5.74, 6) is -0.520. The van der Waals surface area contributed by atoms with Gasteiger partial charge in [0.15, 0.2) is 0 Å². The zero-order valence-electron chi connectivity index (χ0n) is 13.5. The molecule has 0 saturated carbocycles. The molecule has 2 heterocycles. The summed E-state index contributed by atoms with van der Waals surface area (Å²) in [4.78, 5) is 16.1. The Morgan fingerprint density at radius 1 is 1.22 bits per heavy atom. The Kier molecular flexibility index (Phi) is 4.78. The predicted octanol–water partition coefficient (Wildman–Crippen LogP) is 4.35. The predicted molar refractivity (Wildman–Crippen MR) is 92.7 cm³/mol. The van der Waals surface area contributed by atoms with E-state index in [0.717, 1.165) is 24.6 Å². The molecule has 23 heavy (non-hydrogen) atoms. The maximum absolute atomic E-state index is 13.0. The second-order valence-electron chi connectivity index (χ2n) is 6.04. The molecule has 0 atom stereocenters. The van der Waals surface area contributed by atoms with E-state index in [4.69, 9.17) is 0 Å². The molecule has 0 bridgehead atoms. The van der Waals surface area contributed by atoms with Crippen molar-refractivity contribution in [1.29, 1.82) is 0 Å². The van der Waals surface area contributed by atoms with E-state index in [-0.39, 0.29) is 11.7 Å². The van der Waals surface area contributed by atoms with Gasteiger partial charge in [0.1, 0.15) is 10.8 Å². The zero-order valence-corrected chi connectivity index (χ0v) is 14.3. The molecule has 1 saturated heterocycles. The lowest BCUT2D eigenvalue weighted by Gasteiger charge is -2.16. The number of hydrogen-bond donors (Lipinski definition) is 1. The topological polar surface area (TPSA) is 32.3 Å². The first kappa shape index (κ1) is 16.1. The van der Waals surface area contributed by atoms with Gasteiger partial charge in [0.2, 0.25) is 0 Å². The fourth-order valence-electron chi connectivity index (χ4n) is 2.91. The average Bonchev–Trinajstić information content (AvgIpc) is 3.12. The molecule has 1 aliphatic heterocycles. The normalized spacial score (nSPS) is 15.1. The highest BCUT2D eigenvalue weighted by molar-refractivity contribution is 7.16. The first-order chi connectivity index (χ1) is 11.0. The fourth-order valence-corrected chi connectivity index (χ4v) is 3.97. The van der Waals surface area contributed by atoms with Crippen molar-refractivity contribution in [3.8, 4) is 0 Å². The summed E-state index contributed by atoms with van der Waals surface area (Å²) < 4.78 is 13.0. The highest BCUT2D eigenvalue weighted by Gasteiger charge is 2.20. The molecule has 1 aromatic heterocycles. The van der Waals surface area contributed by atoms with Crippen LogP contribution in [0.15, 0.2) is 24.3 Å². The summed E-state index contributed by atoms with van der Waals surface area (Å²) in [5, 5.41) is 3.93. The van der Waals surface area contributed by atoms with Crippen LogP contribution in [0.4, 0.5) is 9.39 Å². The van der Waals surface area contributed by atoms with E-state index in [0.29, 0.717) is 5.56 Å². The molecule has 1 N–H and O–H groups in total. The minimum absolute atomic E-state index is 0.186. The van der Waals surface area contributed by atoms with Crippen molar-refractivity contribution >= 4 is 22.2 Å². The Morgan fingerprint density at radius 2 is 1.87 bits per heavy atom. The van der Waals surface area contributed by atoms with Crippen molar-refractivity contribution in [2.24, 2.45) is 0 Å². The van der Waals surface area contributed by atoms with Crippen LogP contribution in [-0.2, 0) is 6.54 Å². The number of nitrogens with one attached hydrogen (secondary N) is 1. The van der Waals surface area contributed by atoms with Crippen LogP contribution in [0.3, 0.4) is 0 Å². The van der Waals surface area contributed by atoms with Crippen LogP contribution >= 0.6 is 11.3 Å². The number of halogens is 1. The van der Waals surface area contributed by atoms with Gasteiger partial charge < -0.3 is 5.32 Å². The number of likely N-dealkylation sites (tertiary alicyclic amines) is 1.